The summed E-state index contributed by atoms with van der Waals surface area (Å²) in [6.07, 6.45) is 3.29. The van der Waals surface area contributed by atoms with Gasteiger partial charge in [-0.1, -0.05) is 30.8 Å². The van der Waals surface area contributed by atoms with Gasteiger partial charge in [0.05, 0.1) is 24.8 Å². The fourth-order valence-electron chi connectivity index (χ4n) is 3.69. The molecule has 0 spiro atoms. The number of aromatic nitrogens is 2. The SMILES string of the molecule is COc1ccccc1OCCNC(=O)CSc1nc(N)c2c3c(sc2n1)CC(C)CC3. The first-order valence-electron chi connectivity index (χ1n) is 10.3. The van der Waals surface area contributed by atoms with Crippen molar-refractivity contribution in [3.63, 3.8) is 0 Å². The number of thioether (sulfide) groups is 1. The van der Waals surface area contributed by atoms with Gasteiger partial charge in [0.1, 0.15) is 17.3 Å². The van der Waals surface area contributed by atoms with E-state index in [0.717, 1.165) is 23.1 Å². The van der Waals surface area contributed by atoms with E-state index >= 15 is 0 Å². The zero-order valence-corrected chi connectivity index (χ0v) is 19.3. The first-order chi connectivity index (χ1) is 15.0. The van der Waals surface area contributed by atoms with E-state index in [0.29, 0.717) is 41.5 Å². The van der Waals surface area contributed by atoms with Crippen LogP contribution in [0, 0.1) is 5.92 Å². The molecular weight excluding hydrogens is 432 g/mol. The van der Waals surface area contributed by atoms with Crippen LogP contribution in [0.1, 0.15) is 23.8 Å². The van der Waals surface area contributed by atoms with E-state index in [1.165, 1.54) is 28.6 Å². The van der Waals surface area contributed by atoms with Crippen molar-refractivity contribution < 1.29 is 14.3 Å². The number of amides is 1. The average molecular weight is 459 g/mol. The second kappa shape index (κ2) is 9.74. The minimum atomic E-state index is -0.102. The third-order valence-electron chi connectivity index (χ3n) is 5.25. The number of nitrogens with one attached hydrogen (secondary N) is 1. The van der Waals surface area contributed by atoms with Gasteiger partial charge in [-0.25, -0.2) is 9.97 Å². The van der Waals surface area contributed by atoms with E-state index in [1.807, 2.05) is 24.3 Å². The average Bonchev–Trinajstić information content (AvgIpc) is 3.13. The van der Waals surface area contributed by atoms with Gasteiger partial charge in [0.15, 0.2) is 16.7 Å². The number of thiophene rings is 1. The summed E-state index contributed by atoms with van der Waals surface area (Å²) >= 11 is 3.01. The number of carbonyl (C=O) groups excluding carboxylic acids is 1. The molecule has 0 saturated heterocycles. The number of benzene rings is 1. The van der Waals surface area contributed by atoms with Crippen LogP contribution in [-0.4, -0.2) is 41.9 Å². The Morgan fingerprint density at radius 3 is 2.94 bits per heavy atom. The maximum atomic E-state index is 12.2. The largest absolute Gasteiger partial charge is 0.493 e. The summed E-state index contributed by atoms with van der Waals surface area (Å²) < 4.78 is 10.9. The number of para-hydroxylation sites is 2. The molecule has 0 fully saturated rings. The van der Waals surface area contributed by atoms with Crippen molar-refractivity contribution in [1.29, 1.82) is 0 Å². The quantitative estimate of drug-likeness (QED) is 0.302. The Labute approximate surface area is 189 Å². The van der Waals surface area contributed by atoms with E-state index in [4.69, 9.17) is 15.2 Å². The van der Waals surface area contributed by atoms with Crippen LogP contribution in [0.15, 0.2) is 29.4 Å². The normalized spacial score (nSPS) is 15.5. The molecular formula is C22H26N4O3S2. The first-order valence-corrected chi connectivity index (χ1v) is 12.1. The lowest BCUT2D eigenvalue weighted by atomic mass is 9.89. The molecule has 0 bridgehead atoms. The van der Waals surface area contributed by atoms with E-state index < -0.39 is 0 Å². The fraction of sp³-hybridized carbons (Fsp3) is 0.409. The van der Waals surface area contributed by atoms with Gasteiger partial charge < -0.3 is 20.5 Å². The number of ether oxygens (including phenoxy) is 2. The lowest BCUT2D eigenvalue weighted by molar-refractivity contribution is -0.118. The highest BCUT2D eigenvalue weighted by atomic mass is 32.2. The van der Waals surface area contributed by atoms with Gasteiger partial charge in [-0.3, -0.25) is 4.79 Å². The number of aryl methyl sites for hydroxylation is 1. The lowest BCUT2D eigenvalue weighted by Crippen LogP contribution is -2.29. The Morgan fingerprint density at radius 1 is 1.32 bits per heavy atom. The first kappa shape index (κ1) is 21.7. The van der Waals surface area contributed by atoms with Crippen molar-refractivity contribution in [3.05, 3.63) is 34.7 Å². The van der Waals surface area contributed by atoms with Crippen LogP contribution >= 0.6 is 23.1 Å². The zero-order valence-electron chi connectivity index (χ0n) is 17.6. The molecule has 0 aliphatic heterocycles. The summed E-state index contributed by atoms with van der Waals surface area (Å²) in [6.45, 7) is 3.03. The van der Waals surface area contributed by atoms with Crippen molar-refractivity contribution in [2.75, 3.05) is 31.7 Å². The van der Waals surface area contributed by atoms with Crippen LogP contribution < -0.4 is 20.5 Å². The van der Waals surface area contributed by atoms with Crippen molar-refractivity contribution in [1.82, 2.24) is 15.3 Å². The molecule has 9 heteroatoms. The predicted octanol–water partition coefficient (Wildman–Crippen LogP) is 3.69. The topological polar surface area (TPSA) is 99.4 Å². The molecule has 31 heavy (non-hydrogen) atoms. The Balaban J connectivity index is 1.29. The van der Waals surface area contributed by atoms with E-state index in [2.05, 4.69) is 22.2 Å². The van der Waals surface area contributed by atoms with Gasteiger partial charge in [-0.15, -0.1) is 11.3 Å². The van der Waals surface area contributed by atoms with Crippen molar-refractivity contribution in [3.8, 4) is 11.5 Å². The Morgan fingerprint density at radius 2 is 2.13 bits per heavy atom. The number of hydrogen-bond donors (Lipinski definition) is 2. The Hall–Kier alpha value is -2.52. The third kappa shape index (κ3) is 5.04. The minimum absolute atomic E-state index is 0.102. The molecule has 2 aromatic heterocycles. The van der Waals surface area contributed by atoms with Gasteiger partial charge in [-0.2, -0.15) is 0 Å². The second-order valence-electron chi connectivity index (χ2n) is 7.56. The molecule has 1 aliphatic carbocycles. The number of nitrogens with two attached hydrogens (primary N) is 1. The van der Waals surface area contributed by atoms with Crippen molar-refractivity contribution >= 4 is 45.0 Å². The Kier molecular flexibility index (Phi) is 6.82. The predicted molar refractivity (Wildman–Crippen MR) is 125 cm³/mol. The van der Waals surface area contributed by atoms with Crippen LogP contribution in [0.25, 0.3) is 10.2 Å². The molecule has 1 atom stereocenters. The molecule has 4 rings (SSSR count). The Bertz CT molecular complexity index is 1090. The minimum Gasteiger partial charge on any atom is -0.493 e. The highest BCUT2D eigenvalue weighted by Gasteiger charge is 2.23. The number of methoxy groups -OCH3 is 1. The molecule has 0 saturated carbocycles. The second-order valence-corrected chi connectivity index (χ2v) is 9.59. The number of carbonyl (C=O) groups is 1. The lowest BCUT2D eigenvalue weighted by Gasteiger charge is -2.17. The van der Waals surface area contributed by atoms with Gasteiger partial charge in [0, 0.05) is 4.88 Å². The van der Waals surface area contributed by atoms with Crippen LogP contribution in [0.3, 0.4) is 0 Å². The maximum absolute atomic E-state index is 12.2. The highest BCUT2D eigenvalue weighted by molar-refractivity contribution is 7.99. The van der Waals surface area contributed by atoms with E-state index in [1.54, 1.807) is 18.4 Å². The molecule has 3 aromatic rings. The van der Waals surface area contributed by atoms with Crippen molar-refractivity contribution in [2.24, 2.45) is 5.92 Å². The van der Waals surface area contributed by atoms with Crippen LogP contribution in [-0.2, 0) is 17.6 Å². The smallest absolute Gasteiger partial charge is 0.230 e. The highest BCUT2D eigenvalue weighted by Crippen LogP contribution is 2.39. The molecule has 1 amide bonds. The molecule has 1 unspecified atom stereocenters. The van der Waals surface area contributed by atoms with Crippen LogP contribution in [0.4, 0.5) is 5.82 Å². The monoisotopic (exact) mass is 458 g/mol. The number of rotatable bonds is 8. The third-order valence-corrected chi connectivity index (χ3v) is 7.24. The number of hydrogen-bond acceptors (Lipinski definition) is 8. The zero-order chi connectivity index (χ0) is 21.8. The molecule has 3 N–H and O–H groups in total. The summed E-state index contributed by atoms with van der Waals surface area (Å²) in [4.78, 5) is 23.6. The summed E-state index contributed by atoms with van der Waals surface area (Å²) in [6, 6.07) is 7.41. The molecule has 2 heterocycles. The number of nitrogens with zero attached hydrogens (tertiary/aromatic N) is 2. The number of fused-ring (bicyclic) bond motifs is 3. The number of nitrogen functional groups attached to an aromatic ring is 1. The maximum Gasteiger partial charge on any atom is 0.230 e. The van der Waals surface area contributed by atoms with Gasteiger partial charge >= 0.3 is 0 Å². The van der Waals surface area contributed by atoms with Gasteiger partial charge in [0.25, 0.3) is 0 Å². The summed E-state index contributed by atoms with van der Waals surface area (Å²) in [7, 11) is 1.60. The molecule has 164 valence electrons. The molecule has 7 nitrogen and oxygen atoms in total. The molecule has 1 aliphatic rings. The van der Waals surface area contributed by atoms with E-state index in [9.17, 15) is 4.79 Å². The summed E-state index contributed by atoms with van der Waals surface area (Å²) in [5, 5.41) is 4.39. The summed E-state index contributed by atoms with van der Waals surface area (Å²) in [5.41, 5.74) is 7.58. The van der Waals surface area contributed by atoms with E-state index in [-0.39, 0.29) is 11.7 Å². The molecule has 0 radical (unpaired) electrons. The molecule has 1 aromatic carbocycles. The van der Waals surface area contributed by atoms with Gasteiger partial charge in [-0.05, 0) is 42.9 Å². The van der Waals surface area contributed by atoms with Crippen LogP contribution in [0.2, 0.25) is 0 Å². The van der Waals surface area contributed by atoms with Crippen molar-refractivity contribution in [2.45, 2.75) is 31.3 Å². The van der Waals surface area contributed by atoms with Gasteiger partial charge in [0.2, 0.25) is 5.91 Å². The standard InChI is InChI=1S/C22H26N4O3S2/c1-13-7-8-14-17(11-13)31-21-19(14)20(23)25-22(26-21)30-12-18(27)24-9-10-29-16-6-4-3-5-15(16)28-2/h3-6,13H,7-12H2,1-2H3,(H,24,27)(H2,23,25,26). The fourth-order valence-corrected chi connectivity index (χ4v) is 5.81. The number of anilines is 1. The summed E-state index contributed by atoms with van der Waals surface area (Å²) in [5.74, 6) is 2.65. The van der Waals surface area contributed by atoms with Crippen LogP contribution in [0.5, 0.6) is 11.5 Å².